The highest BCUT2D eigenvalue weighted by atomic mass is 16.5. The Morgan fingerprint density at radius 3 is 2.65 bits per heavy atom. The zero-order valence-electron chi connectivity index (χ0n) is 10.1. The normalized spacial score (nSPS) is 23.1. The van der Waals surface area contributed by atoms with Crippen LogP contribution < -0.4 is 5.73 Å². The molecule has 1 aromatic heterocycles. The molecule has 1 aliphatic heterocycles. The predicted molar refractivity (Wildman–Crippen MR) is 63.3 cm³/mol. The van der Waals surface area contributed by atoms with Crippen LogP contribution in [0.3, 0.4) is 0 Å². The fraction of sp³-hybridized carbons (Fsp3) is 0.833. The molecule has 5 heteroatoms. The number of piperidine rings is 1. The maximum absolute atomic E-state index is 5.69. The van der Waals surface area contributed by atoms with E-state index in [4.69, 9.17) is 10.3 Å². The monoisotopic (exact) mass is 236 g/mol. The molecule has 94 valence electrons. The van der Waals surface area contributed by atoms with Crippen LogP contribution in [0.4, 0.5) is 0 Å². The third-order valence-corrected chi connectivity index (χ3v) is 3.82. The van der Waals surface area contributed by atoms with Crippen LogP contribution in [-0.4, -0.2) is 34.7 Å². The van der Waals surface area contributed by atoms with E-state index in [0.29, 0.717) is 11.8 Å². The average molecular weight is 236 g/mol. The summed E-state index contributed by atoms with van der Waals surface area (Å²) < 4.78 is 5.26. The Morgan fingerprint density at radius 1 is 1.24 bits per heavy atom. The minimum absolute atomic E-state index is 0.555. The molecule has 0 atom stereocenters. The molecule has 1 aliphatic carbocycles. The number of nitrogens with two attached hydrogens (primary N) is 1. The number of rotatable bonds is 4. The molecule has 2 N–H and O–H groups in total. The minimum atomic E-state index is 0.555. The number of aromatic nitrogens is 2. The van der Waals surface area contributed by atoms with Gasteiger partial charge in [0.15, 0.2) is 5.82 Å². The maximum atomic E-state index is 5.69. The molecule has 0 radical (unpaired) electrons. The Labute approximate surface area is 101 Å². The summed E-state index contributed by atoms with van der Waals surface area (Å²) in [7, 11) is 0. The van der Waals surface area contributed by atoms with Crippen molar-refractivity contribution in [3.05, 3.63) is 11.7 Å². The van der Waals surface area contributed by atoms with Crippen LogP contribution in [0, 0.1) is 5.92 Å². The second kappa shape index (κ2) is 4.74. The summed E-state index contributed by atoms with van der Waals surface area (Å²) in [6.45, 7) is 3.86. The second-order valence-corrected chi connectivity index (χ2v) is 5.28. The lowest BCUT2D eigenvalue weighted by Crippen LogP contribution is -2.35. The number of likely N-dealkylation sites (tertiary alicyclic amines) is 1. The van der Waals surface area contributed by atoms with Gasteiger partial charge in [-0.1, -0.05) is 5.16 Å². The molecule has 17 heavy (non-hydrogen) atoms. The Hall–Kier alpha value is -0.940. The van der Waals surface area contributed by atoms with E-state index in [1.165, 1.54) is 25.7 Å². The topological polar surface area (TPSA) is 68.2 Å². The standard InChI is InChI=1S/C12H20N4O/c13-7-9-3-5-16(6-4-9)8-11-14-12(17-15-11)10-1-2-10/h9-10H,1-8,13H2. The Balaban J connectivity index is 1.52. The summed E-state index contributed by atoms with van der Waals surface area (Å²) in [5, 5.41) is 4.06. The van der Waals surface area contributed by atoms with Gasteiger partial charge in [-0.05, 0) is 51.2 Å². The summed E-state index contributed by atoms with van der Waals surface area (Å²) in [5.74, 6) is 2.95. The molecule has 1 saturated carbocycles. The largest absolute Gasteiger partial charge is 0.339 e. The first-order valence-electron chi connectivity index (χ1n) is 6.60. The van der Waals surface area contributed by atoms with Crippen molar-refractivity contribution in [3.8, 4) is 0 Å². The fourth-order valence-electron chi connectivity index (χ4n) is 2.41. The van der Waals surface area contributed by atoms with E-state index >= 15 is 0 Å². The zero-order valence-corrected chi connectivity index (χ0v) is 10.1. The first-order chi connectivity index (χ1) is 8.35. The second-order valence-electron chi connectivity index (χ2n) is 5.28. The molecule has 3 rings (SSSR count). The lowest BCUT2D eigenvalue weighted by atomic mass is 9.97. The van der Waals surface area contributed by atoms with Crippen molar-refractivity contribution in [3.63, 3.8) is 0 Å². The van der Waals surface area contributed by atoms with Gasteiger partial charge in [0, 0.05) is 5.92 Å². The first kappa shape index (κ1) is 11.2. The molecule has 1 aromatic rings. The molecule has 0 spiro atoms. The van der Waals surface area contributed by atoms with E-state index < -0.39 is 0 Å². The third-order valence-electron chi connectivity index (χ3n) is 3.82. The first-order valence-corrected chi connectivity index (χ1v) is 6.60. The predicted octanol–water partition coefficient (Wildman–Crippen LogP) is 1.12. The fourth-order valence-corrected chi connectivity index (χ4v) is 2.41. The van der Waals surface area contributed by atoms with Crippen molar-refractivity contribution < 1.29 is 4.52 Å². The summed E-state index contributed by atoms with van der Waals surface area (Å²) in [6.07, 6.45) is 4.82. The van der Waals surface area contributed by atoms with Gasteiger partial charge in [0.25, 0.3) is 0 Å². The van der Waals surface area contributed by atoms with Crippen LogP contribution in [0.15, 0.2) is 4.52 Å². The summed E-state index contributed by atoms with van der Waals surface area (Å²) in [6, 6.07) is 0. The molecular weight excluding hydrogens is 216 g/mol. The van der Waals surface area contributed by atoms with Crippen LogP contribution in [0.5, 0.6) is 0 Å². The van der Waals surface area contributed by atoms with Crippen LogP contribution in [0.1, 0.15) is 43.3 Å². The summed E-state index contributed by atoms with van der Waals surface area (Å²) >= 11 is 0. The molecule has 0 unspecified atom stereocenters. The molecule has 5 nitrogen and oxygen atoms in total. The smallest absolute Gasteiger partial charge is 0.229 e. The summed E-state index contributed by atoms with van der Waals surface area (Å²) in [5.41, 5.74) is 5.69. The Bertz CT molecular complexity index is 366. The van der Waals surface area contributed by atoms with Crippen molar-refractivity contribution in [2.24, 2.45) is 11.7 Å². The van der Waals surface area contributed by atoms with Crippen molar-refractivity contribution in [2.45, 2.75) is 38.1 Å². The van der Waals surface area contributed by atoms with Crippen molar-refractivity contribution in [1.82, 2.24) is 15.0 Å². The lowest BCUT2D eigenvalue weighted by molar-refractivity contribution is 0.175. The Morgan fingerprint density at radius 2 is 2.00 bits per heavy atom. The van der Waals surface area contributed by atoms with Crippen LogP contribution in [0.25, 0.3) is 0 Å². The van der Waals surface area contributed by atoms with Crippen molar-refractivity contribution >= 4 is 0 Å². The highest BCUT2D eigenvalue weighted by Gasteiger charge is 2.30. The number of hydrogen-bond acceptors (Lipinski definition) is 5. The molecule has 1 saturated heterocycles. The van der Waals surface area contributed by atoms with Gasteiger partial charge in [0.1, 0.15) is 0 Å². The van der Waals surface area contributed by atoms with Crippen LogP contribution in [0.2, 0.25) is 0 Å². The molecule has 0 amide bonds. The quantitative estimate of drug-likeness (QED) is 0.848. The van der Waals surface area contributed by atoms with Gasteiger partial charge < -0.3 is 10.3 Å². The zero-order chi connectivity index (χ0) is 11.7. The van der Waals surface area contributed by atoms with E-state index in [0.717, 1.165) is 37.9 Å². The maximum Gasteiger partial charge on any atom is 0.229 e. The van der Waals surface area contributed by atoms with Gasteiger partial charge in [-0.25, -0.2) is 0 Å². The highest BCUT2D eigenvalue weighted by Crippen LogP contribution is 2.38. The van der Waals surface area contributed by atoms with Crippen molar-refractivity contribution in [2.75, 3.05) is 19.6 Å². The van der Waals surface area contributed by atoms with Gasteiger partial charge in [-0.2, -0.15) is 4.98 Å². The summed E-state index contributed by atoms with van der Waals surface area (Å²) in [4.78, 5) is 6.86. The molecule has 2 aliphatic rings. The number of hydrogen-bond donors (Lipinski definition) is 1. The molecular formula is C12H20N4O. The van der Waals surface area contributed by atoms with E-state index in [9.17, 15) is 0 Å². The van der Waals surface area contributed by atoms with Gasteiger partial charge in [-0.3, -0.25) is 4.90 Å². The van der Waals surface area contributed by atoms with E-state index in [2.05, 4.69) is 15.0 Å². The van der Waals surface area contributed by atoms with Crippen LogP contribution >= 0.6 is 0 Å². The molecule has 0 aromatic carbocycles. The van der Waals surface area contributed by atoms with E-state index in [-0.39, 0.29) is 0 Å². The molecule has 2 fully saturated rings. The van der Waals surface area contributed by atoms with Crippen molar-refractivity contribution in [1.29, 1.82) is 0 Å². The highest BCUT2D eigenvalue weighted by molar-refractivity contribution is 5.01. The lowest BCUT2D eigenvalue weighted by Gasteiger charge is -2.30. The SMILES string of the molecule is NCC1CCN(Cc2noc(C3CC3)n2)CC1. The van der Waals surface area contributed by atoms with Gasteiger partial charge in [0.05, 0.1) is 6.54 Å². The van der Waals surface area contributed by atoms with Gasteiger partial charge in [-0.15, -0.1) is 0 Å². The van der Waals surface area contributed by atoms with Crippen LogP contribution in [-0.2, 0) is 6.54 Å². The van der Waals surface area contributed by atoms with Gasteiger partial charge in [0.2, 0.25) is 5.89 Å². The van der Waals surface area contributed by atoms with E-state index in [1.54, 1.807) is 0 Å². The third kappa shape index (κ3) is 2.66. The molecule has 2 heterocycles. The van der Waals surface area contributed by atoms with E-state index in [1.807, 2.05) is 0 Å². The Kier molecular flexibility index (Phi) is 3.11. The number of nitrogens with zero attached hydrogens (tertiary/aromatic N) is 3. The average Bonchev–Trinajstić information content (AvgIpc) is 3.12. The van der Waals surface area contributed by atoms with Gasteiger partial charge >= 0.3 is 0 Å². The molecule has 0 bridgehead atoms. The minimum Gasteiger partial charge on any atom is -0.339 e.